The van der Waals surface area contributed by atoms with Crippen LogP contribution in [0.4, 0.5) is 0 Å². The minimum absolute atomic E-state index is 0.0403. The summed E-state index contributed by atoms with van der Waals surface area (Å²) in [4.78, 5) is 59.2. The third-order valence-corrected chi connectivity index (χ3v) is 13.6. The number of primary amides is 1. The number of aromatic hydroxyl groups is 1. The first-order valence-corrected chi connectivity index (χ1v) is 19.5. The lowest BCUT2D eigenvalue weighted by molar-refractivity contribution is -0.187. The molecule has 6 atom stereocenters. The van der Waals surface area contributed by atoms with Crippen LogP contribution in [0.5, 0.6) is 5.75 Å². The molecule has 13 heteroatoms. The van der Waals surface area contributed by atoms with Gasteiger partial charge in [-0.3, -0.25) is 24.1 Å². The largest absolute Gasteiger partial charge is 0.508 e. The van der Waals surface area contributed by atoms with Gasteiger partial charge in [-0.25, -0.2) is 0 Å². The number of Topliss-reactive ketones (excluding diaryl/α,β-unsaturated/α-hetero) is 2. The van der Waals surface area contributed by atoms with Crippen molar-refractivity contribution < 1.29 is 44.3 Å². The number of ether oxygens (including phenoxy) is 1. The lowest BCUT2D eigenvalue weighted by Crippen LogP contribution is -2.71. The summed E-state index contributed by atoms with van der Waals surface area (Å²) in [5, 5.41) is 48.9. The van der Waals surface area contributed by atoms with Crippen molar-refractivity contribution in [1.82, 2.24) is 9.80 Å². The van der Waals surface area contributed by atoms with Gasteiger partial charge >= 0.3 is 5.97 Å². The van der Waals surface area contributed by atoms with Crippen LogP contribution >= 0.6 is 11.8 Å². The molecule has 6 N–H and O–H groups in total. The van der Waals surface area contributed by atoms with Gasteiger partial charge in [-0.1, -0.05) is 51.7 Å². The van der Waals surface area contributed by atoms with Gasteiger partial charge in [-0.15, -0.1) is 0 Å². The van der Waals surface area contributed by atoms with E-state index in [2.05, 4.69) is 0 Å². The highest BCUT2D eigenvalue weighted by Crippen LogP contribution is 2.59. The predicted molar refractivity (Wildman–Crippen MR) is 197 cm³/mol. The standard InChI is InChI=1S/C39H53N3O9S/c1-38(2,18-41(3)4)23-16-15-21-22(17-52-20-13-9-10-14-20)24-26(31(44)25(21)30(23)43)34(46)39(50)28(33(24)51-37(49)19-11-7-8-12-19)29(42(5)6)32(45)27(35(39)47)36(40)48/h15-16,19-20,22,24,28-29,33,43-44,47,50H,7-14,17-18H2,1-6H3,(H2,40,48)/t22-,24+,28+,29-,33-,39-/m0/s1. The number of aliphatic hydroxyl groups is 3. The van der Waals surface area contributed by atoms with Gasteiger partial charge in [-0.2, -0.15) is 11.8 Å². The summed E-state index contributed by atoms with van der Waals surface area (Å²) < 4.78 is 6.42. The Morgan fingerprint density at radius 3 is 2.19 bits per heavy atom. The smallest absolute Gasteiger partial charge is 0.309 e. The minimum Gasteiger partial charge on any atom is -0.508 e. The van der Waals surface area contributed by atoms with Crippen LogP contribution in [0.3, 0.4) is 0 Å². The third kappa shape index (κ3) is 6.15. The van der Waals surface area contributed by atoms with Crippen molar-refractivity contribution in [2.24, 2.45) is 23.5 Å². The van der Waals surface area contributed by atoms with Crippen molar-refractivity contribution in [3.8, 4) is 5.75 Å². The molecule has 0 aliphatic heterocycles. The summed E-state index contributed by atoms with van der Waals surface area (Å²) in [6, 6.07) is 2.28. The molecule has 3 saturated carbocycles. The summed E-state index contributed by atoms with van der Waals surface area (Å²) in [7, 11) is 6.90. The number of thioether (sulfide) groups is 1. The maximum absolute atomic E-state index is 15.0. The molecule has 0 aromatic heterocycles. The lowest BCUT2D eigenvalue weighted by atomic mass is 9.54. The second-order valence-corrected chi connectivity index (χ2v) is 17.9. The SMILES string of the molecule is CN(C)CC(C)(C)c1ccc2c(c1O)C(O)=C1C(=O)[C@]3(O)C(O)=C(C(N)=O)C(=O)[C@@H](N(C)C)[C@@H]3[C@@H](OC(=O)C3CCCC3)[C@@H]1[C@H]2CSC1CCCC1. The Bertz CT molecular complexity index is 1720. The zero-order valence-corrected chi connectivity index (χ0v) is 31.8. The van der Waals surface area contributed by atoms with Crippen LogP contribution in [0.15, 0.2) is 29.0 Å². The van der Waals surface area contributed by atoms with Crippen molar-refractivity contribution >= 4 is 41.0 Å². The summed E-state index contributed by atoms with van der Waals surface area (Å²) in [6.07, 6.45) is 5.64. The molecule has 1 amide bonds. The number of esters is 1. The molecule has 1 aromatic carbocycles. The number of hydrogen-bond donors (Lipinski definition) is 5. The highest BCUT2D eigenvalue weighted by atomic mass is 32.2. The van der Waals surface area contributed by atoms with E-state index in [9.17, 15) is 34.8 Å². The van der Waals surface area contributed by atoms with Gasteiger partial charge in [0.15, 0.2) is 11.4 Å². The van der Waals surface area contributed by atoms with Crippen LogP contribution in [0.25, 0.3) is 5.76 Å². The van der Waals surface area contributed by atoms with Gasteiger partial charge in [0.25, 0.3) is 5.91 Å². The Morgan fingerprint density at radius 2 is 1.62 bits per heavy atom. The molecule has 0 bridgehead atoms. The second kappa shape index (κ2) is 14.1. The first-order chi connectivity index (χ1) is 24.4. The van der Waals surface area contributed by atoms with Crippen molar-refractivity contribution in [1.29, 1.82) is 0 Å². The van der Waals surface area contributed by atoms with Crippen LogP contribution < -0.4 is 5.73 Å². The number of likely N-dealkylation sites (N-methyl/N-ethyl adjacent to an activating group) is 2. The Labute approximate surface area is 309 Å². The fourth-order valence-corrected chi connectivity index (χ4v) is 11.4. The van der Waals surface area contributed by atoms with E-state index in [0.29, 0.717) is 41.5 Å². The fraction of sp³-hybridized carbons (Fsp3) is 0.641. The fourth-order valence-electron chi connectivity index (χ4n) is 9.86. The monoisotopic (exact) mass is 739 g/mol. The van der Waals surface area contributed by atoms with E-state index in [1.54, 1.807) is 11.8 Å². The normalized spacial score (nSPS) is 29.9. The Balaban J connectivity index is 1.63. The molecule has 284 valence electrons. The maximum Gasteiger partial charge on any atom is 0.309 e. The van der Waals surface area contributed by atoms with E-state index < -0.39 is 87.4 Å². The van der Waals surface area contributed by atoms with Crippen LogP contribution in [-0.4, -0.2) is 117 Å². The summed E-state index contributed by atoms with van der Waals surface area (Å²) in [6.45, 7) is 4.47. The molecule has 0 unspecified atom stereocenters. The molecule has 12 nitrogen and oxygen atoms in total. The Morgan fingerprint density at radius 1 is 1.00 bits per heavy atom. The van der Waals surface area contributed by atoms with Gasteiger partial charge in [0, 0.05) is 45.9 Å². The summed E-state index contributed by atoms with van der Waals surface area (Å²) >= 11 is 1.72. The van der Waals surface area contributed by atoms with Gasteiger partial charge in [-0.05, 0) is 59.4 Å². The number of ketones is 2. The minimum atomic E-state index is -2.98. The molecule has 0 saturated heterocycles. The van der Waals surface area contributed by atoms with E-state index in [1.807, 2.05) is 45.0 Å². The number of aliphatic hydroxyl groups excluding tert-OH is 2. The number of hydrogen-bond acceptors (Lipinski definition) is 12. The predicted octanol–water partition coefficient (Wildman–Crippen LogP) is 3.73. The van der Waals surface area contributed by atoms with Crippen LogP contribution in [0.1, 0.15) is 87.8 Å². The van der Waals surface area contributed by atoms with E-state index in [4.69, 9.17) is 10.5 Å². The van der Waals surface area contributed by atoms with Crippen molar-refractivity contribution in [2.75, 3.05) is 40.5 Å². The number of nitrogens with zero attached hydrogens (tertiary/aromatic N) is 2. The molecule has 0 heterocycles. The molecule has 3 fully saturated rings. The molecular weight excluding hydrogens is 687 g/mol. The van der Waals surface area contributed by atoms with E-state index in [1.165, 1.54) is 19.0 Å². The van der Waals surface area contributed by atoms with E-state index in [-0.39, 0.29) is 16.9 Å². The molecule has 52 heavy (non-hydrogen) atoms. The molecular formula is C39H53N3O9S. The number of amides is 1. The maximum atomic E-state index is 15.0. The molecule has 5 aliphatic carbocycles. The van der Waals surface area contributed by atoms with Gasteiger partial charge < -0.3 is 35.8 Å². The van der Waals surface area contributed by atoms with Crippen LogP contribution in [0, 0.1) is 17.8 Å². The molecule has 5 aliphatic rings. The van der Waals surface area contributed by atoms with Crippen molar-refractivity contribution in [2.45, 2.75) is 99.5 Å². The third-order valence-electron chi connectivity index (χ3n) is 12.1. The molecule has 0 spiro atoms. The topological polar surface area (TPSA) is 191 Å². The number of carbonyl (C=O) groups excluding carboxylic acids is 4. The highest BCUT2D eigenvalue weighted by Gasteiger charge is 2.70. The second-order valence-electron chi connectivity index (χ2n) is 16.5. The lowest BCUT2D eigenvalue weighted by Gasteiger charge is -2.55. The number of phenols is 1. The number of carbonyl (C=O) groups is 4. The number of benzene rings is 1. The summed E-state index contributed by atoms with van der Waals surface area (Å²) in [5.41, 5.74) is 1.88. The Hall–Kier alpha value is -3.39. The first-order valence-electron chi connectivity index (χ1n) is 18.4. The average molecular weight is 740 g/mol. The van der Waals surface area contributed by atoms with Crippen molar-refractivity contribution in [3.05, 3.63) is 45.7 Å². The zero-order chi connectivity index (χ0) is 38.0. The van der Waals surface area contributed by atoms with Gasteiger partial charge in [0.2, 0.25) is 5.78 Å². The molecule has 1 aromatic rings. The Kier molecular flexibility index (Phi) is 10.4. The number of rotatable bonds is 10. The number of nitrogens with two attached hydrogens (primary N) is 1. The highest BCUT2D eigenvalue weighted by molar-refractivity contribution is 7.99. The average Bonchev–Trinajstić information content (AvgIpc) is 3.78. The van der Waals surface area contributed by atoms with Gasteiger partial charge in [0.05, 0.1) is 23.4 Å². The molecule has 0 radical (unpaired) electrons. The van der Waals surface area contributed by atoms with Crippen LogP contribution in [0.2, 0.25) is 0 Å². The van der Waals surface area contributed by atoms with Gasteiger partial charge in [0.1, 0.15) is 28.9 Å². The summed E-state index contributed by atoms with van der Waals surface area (Å²) in [5.74, 6) is -9.26. The number of fused-ring (bicyclic) bond motifs is 3. The van der Waals surface area contributed by atoms with Crippen LogP contribution in [-0.2, 0) is 29.3 Å². The van der Waals surface area contributed by atoms with E-state index >= 15 is 4.79 Å². The number of phenolic OH excluding ortho intramolecular Hbond substituents is 1. The zero-order valence-electron chi connectivity index (χ0n) is 31.0. The van der Waals surface area contributed by atoms with E-state index in [0.717, 1.165) is 38.5 Å². The first kappa shape index (κ1) is 38.3. The van der Waals surface area contributed by atoms with Crippen molar-refractivity contribution in [3.63, 3.8) is 0 Å². The quantitative estimate of drug-likeness (QED) is 0.173. The molecule has 6 rings (SSSR count).